The molecule has 2 aromatic carbocycles. The Labute approximate surface area is 376 Å². The summed E-state index contributed by atoms with van der Waals surface area (Å²) in [5, 5.41) is 15.7. The van der Waals surface area contributed by atoms with Crippen LogP contribution in [0.2, 0.25) is 0 Å². The molecule has 65 heavy (non-hydrogen) atoms. The van der Waals surface area contributed by atoms with Crippen molar-refractivity contribution >= 4 is 50.2 Å². The van der Waals surface area contributed by atoms with E-state index in [1.54, 1.807) is 31.5 Å². The van der Waals surface area contributed by atoms with Gasteiger partial charge in [0.25, 0.3) is 0 Å². The van der Waals surface area contributed by atoms with E-state index < -0.39 is 45.2 Å². The second-order valence-corrected chi connectivity index (χ2v) is 20.6. The molecule has 2 saturated carbocycles. The van der Waals surface area contributed by atoms with Crippen molar-refractivity contribution in [2.24, 2.45) is 18.9 Å². The Morgan fingerprint density at radius 1 is 0.938 bits per heavy atom. The quantitative estimate of drug-likeness (QED) is 0.0821. The van der Waals surface area contributed by atoms with Gasteiger partial charge >= 0.3 is 11.9 Å². The van der Waals surface area contributed by atoms with Crippen molar-refractivity contribution in [1.82, 2.24) is 29.1 Å². The molecule has 2 saturated heterocycles. The summed E-state index contributed by atoms with van der Waals surface area (Å²) in [6, 6.07) is 9.69. The average molecular weight is 925 g/mol. The van der Waals surface area contributed by atoms with Gasteiger partial charge in [0, 0.05) is 56.6 Å². The van der Waals surface area contributed by atoms with Crippen molar-refractivity contribution < 1.29 is 41.0 Å². The van der Waals surface area contributed by atoms with Crippen LogP contribution in [0.25, 0.3) is 11.0 Å². The average Bonchev–Trinajstić information content (AvgIpc) is 3.51. The van der Waals surface area contributed by atoms with E-state index in [1.807, 2.05) is 18.2 Å². The first-order valence-corrected chi connectivity index (χ1v) is 24.3. The Kier molecular flexibility index (Phi) is 13.5. The van der Waals surface area contributed by atoms with Gasteiger partial charge in [-0.1, -0.05) is 0 Å². The number of benzene rings is 2. The van der Waals surface area contributed by atoms with Gasteiger partial charge in [0.05, 0.1) is 45.5 Å². The number of nitrogens with zero attached hydrogens (tertiary/aromatic N) is 5. The highest BCUT2D eigenvalue weighted by molar-refractivity contribution is 7.89. The number of halogens is 3. The first-order chi connectivity index (χ1) is 30.8. The van der Waals surface area contributed by atoms with Crippen LogP contribution in [0, 0.1) is 18.8 Å². The van der Waals surface area contributed by atoms with E-state index in [9.17, 15) is 41.1 Å². The molecule has 8 rings (SSSR count). The van der Waals surface area contributed by atoms with Crippen molar-refractivity contribution in [3.05, 3.63) is 69.9 Å². The molecule has 0 radical (unpaired) electrons. The number of alkyl halides is 3. The largest absolute Gasteiger partial charge is 0.419 e. The number of fused-ring (bicyclic) bond motifs is 1. The lowest BCUT2D eigenvalue weighted by Crippen LogP contribution is -2.44. The molecule has 19 heteroatoms. The Morgan fingerprint density at radius 3 is 2.32 bits per heavy atom. The number of imidazole rings is 1. The van der Waals surface area contributed by atoms with Gasteiger partial charge < -0.3 is 20.1 Å². The zero-order valence-corrected chi connectivity index (χ0v) is 37.9. The SMILES string of the molecule is Cc1cc(S(=O)(=O)NCCOC2CCC(CC3CCN(c4ccc5c(c4)n(C)c(=O)n5C4CCC(=O)NC4=O)CC3)CC2)ccc1Nc1ncc(C(F)(F)F)c(C2CCC(C)(O)CC2)n1. The number of sulfonamides is 1. The number of nitrogens with one attached hydrogen (secondary N) is 3. The normalized spacial score (nSPS) is 24.9. The molecule has 1 unspecified atom stereocenters. The van der Waals surface area contributed by atoms with Gasteiger partial charge in [-0.15, -0.1) is 0 Å². The Bertz CT molecular complexity index is 2570. The van der Waals surface area contributed by atoms with Gasteiger partial charge in [0.1, 0.15) is 6.04 Å². The number of imide groups is 1. The predicted octanol–water partition coefficient (Wildman–Crippen LogP) is 6.75. The Morgan fingerprint density at radius 2 is 1.65 bits per heavy atom. The zero-order chi connectivity index (χ0) is 46.3. The standard InChI is InChI=1S/C46H59F3N8O7S/c1-28-24-34(9-10-36(28)52-43-50-27-35(46(47,48)49)41(54-43)31-14-18-45(2,61)19-15-31)65(62,63)51-20-23-64-33-7-4-29(5-8-33)25-30-16-21-56(22-17-30)32-6-11-37-39(26-32)55(3)44(60)57(37)38-12-13-40(58)53-42(38)59/h6,9-11,24,26-27,29-31,33,38,51,61H,4-5,7-8,12-23,25H2,1-3H3,(H,50,52,54)(H,53,58,59). The van der Waals surface area contributed by atoms with Crippen LogP contribution < -0.4 is 25.9 Å². The maximum atomic E-state index is 13.9. The molecule has 2 amide bonds. The number of piperidine rings is 2. The molecule has 352 valence electrons. The molecule has 4 heterocycles. The van der Waals surface area contributed by atoms with Gasteiger partial charge in [-0.05, 0) is 145 Å². The summed E-state index contributed by atoms with van der Waals surface area (Å²) in [6.45, 7) is 5.55. The summed E-state index contributed by atoms with van der Waals surface area (Å²) >= 11 is 0. The van der Waals surface area contributed by atoms with Gasteiger partial charge in [0.15, 0.2) is 0 Å². The molecule has 4 N–H and O–H groups in total. The summed E-state index contributed by atoms with van der Waals surface area (Å²) in [4.78, 5) is 48.1. The number of anilines is 3. The lowest BCUT2D eigenvalue weighted by atomic mass is 9.78. The van der Waals surface area contributed by atoms with Crippen LogP contribution >= 0.6 is 0 Å². The van der Waals surface area contributed by atoms with Crippen molar-refractivity contribution in [3.63, 3.8) is 0 Å². The number of rotatable bonds is 13. The maximum absolute atomic E-state index is 13.9. The summed E-state index contributed by atoms with van der Waals surface area (Å²) in [5.74, 6) is -0.0326. The maximum Gasteiger partial charge on any atom is 0.419 e. The van der Waals surface area contributed by atoms with Crippen molar-refractivity contribution in [2.45, 2.75) is 132 Å². The van der Waals surface area contributed by atoms with Crippen LogP contribution in [0.1, 0.15) is 119 Å². The molecule has 0 spiro atoms. The van der Waals surface area contributed by atoms with E-state index in [0.29, 0.717) is 60.7 Å². The summed E-state index contributed by atoms with van der Waals surface area (Å²) in [7, 11) is -2.16. The second-order valence-electron chi connectivity index (χ2n) is 18.8. The van der Waals surface area contributed by atoms with Crippen molar-refractivity contribution in [1.29, 1.82) is 0 Å². The van der Waals surface area contributed by atoms with Crippen LogP contribution in [0.3, 0.4) is 0 Å². The van der Waals surface area contributed by atoms with Crippen LogP contribution in [0.15, 0.2) is 52.3 Å². The number of aryl methyl sites for hydroxylation is 2. The molecule has 2 aliphatic heterocycles. The third-order valence-corrected chi connectivity index (χ3v) is 15.6. The predicted molar refractivity (Wildman–Crippen MR) is 238 cm³/mol. The van der Waals surface area contributed by atoms with Crippen LogP contribution in [-0.4, -0.2) is 82.4 Å². The molecule has 4 aliphatic rings. The van der Waals surface area contributed by atoms with E-state index in [4.69, 9.17) is 4.74 Å². The number of amides is 2. The zero-order valence-electron chi connectivity index (χ0n) is 37.1. The van der Waals surface area contributed by atoms with E-state index in [0.717, 1.165) is 69.0 Å². The van der Waals surface area contributed by atoms with Gasteiger partial charge in [-0.2, -0.15) is 13.2 Å². The highest BCUT2D eigenvalue weighted by Crippen LogP contribution is 2.43. The molecule has 2 aliphatic carbocycles. The van der Waals surface area contributed by atoms with E-state index in [2.05, 4.69) is 30.2 Å². The number of carbonyl (C=O) groups excluding carboxylic acids is 2. The fourth-order valence-corrected chi connectivity index (χ4v) is 11.4. The molecular weight excluding hydrogens is 866 g/mol. The highest BCUT2D eigenvalue weighted by Gasteiger charge is 2.40. The second kappa shape index (κ2) is 18.8. The molecule has 15 nitrogen and oxygen atoms in total. The molecule has 1 atom stereocenters. The summed E-state index contributed by atoms with van der Waals surface area (Å²) in [6.07, 6.45) is 5.46. The van der Waals surface area contributed by atoms with E-state index >= 15 is 0 Å². The lowest BCUT2D eigenvalue weighted by Gasteiger charge is -2.36. The van der Waals surface area contributed by atoms with Gasteiger partial charge in [-0.3, -0.25) is 24.0 Å². The summed E-state index contributed by atoms with van der Waals surface area (Å²) < 4.78 is 80.0. The van der Waals surface area contributed by atoms with Crippen molar-refractivity contribution in [2.75, 3.05) is 36.5 Å². The fraction of sp³-hybridized carbons (Fsp3) is 0.587. The van der Waals surface area contributed by atoms with Crippen molar-refractivity contribution in [3.8, 4) is 0 Å². The highest BCUT2D eigenvalue weighted by atomic mass is 32.2. The molecule has 2 aromatic heterocycles. The number of hydrogen-bond donors (Lipinski definition) is 4. The number of carbonyl (C=O) groups is 2. The smallest absolute Gasteiger partial charge is 0.390 e. The minimum absolute atomic E-state index is 0.0281. The monoisotopic (exact) mass is 924 g/mol. The third kappa shape index (κ3) is 10.6. The number of aromatic nitrogens is 4. The molecule has 4 fully saturated rings. The van der Waals surface area contributed by atoms with Crippen LogP contribution in [-0.2, 0) is 37.6 Å². The molecular formula is C46H59F3N8O7S. The molecule has 4 aromatic rings. The topological polar surface area (TPSA) is 190 Å². The van der Waals surface area contributed by atoms with Crippen LogP contribution in [0.4, 0.5) is 30.5 Å². The Hall–Kier alpha value is -4.85. The summed E-state index contributed by atoms with van der Waals surface area (Å²) in [5.41, 5.74) is 1.28. The fourth-order valence-electron chi connectivity index (χ4n) is 10.3. The number of hydrogen-bond acceptors (Lipinski definition) is 11. The number of ether oxygens (including phenoxy) is 1. The first kappa shape index (κ1) is 46.7. The third-order valence-electron chi connectivity index (χ3n) is 14.1. The lowest BCUT2D eigenvalue weighted by molar-refractivity contribution is -0.139. The minimum atomic E-state index is -4.63. The van der Waals surface area contributed by atoms with Gasteiger partial charge in [-0.25, -0.2) is 27.9 Å². The number of aliphatic hydroxyl groups is 1. The van der Waals surface area contributed by atoms with E-state index in [-0.39, 0.29) is 53.8 Å². The minimum Gasteiger partial charge on any atom is -0.390 e. The first-order valence-electron chi connectivity index (χ1n) is 22.8. The molecule has 0 bridgehead atoms. The van der Waals surface area contributed by atoms with E-state index in [1.165, 1.54) is 23.1 Å². The van der Waals surface area contributed by atoms with Crippen LogP contribution in [0.5, 0.6) is 0 Å². The Balaban J connectivity index is 0.764. The van der Waals surface area contributed by atoms with Gasteiger partial charge in [0.2, 0.25) is 27.8 Å².